The van der Waals surface area contributed by atoms with Gasteiger partial charge in [0.1, 0.15) is 0 Å². The van der Waals surface area contributed by atoms with Crippen LogP contribution in [-0.2, 0) is 10.0 Å². The maximum absolute atomic E-state index is 11.0. The molecule has 0 saturated heterocycles. The highest BCUT2D eigenvalue weighted by molar-refractivity contribution is 7.88. The second-order valence-electron chi connectivity index (χ2n) is 6.89. The summed E-state index contributed by atoms with van der Waals surface area (Å²) < 4.78 is 24.4. The highest BCUT2D eigenvalue weighted by Crippen LogP contribution is 2.36. The van der Waals surface area contributed by atoms with E-state index in [2.05, 4.69) is 30.8 Å². The van der Waals surface area contributed by atoms with Crippen molar-refractivity contribution < 1.29 is 8.42 Å². The van der Waals surface area contributed by atoms with Gasteiger partial charge in [0.2, 0.25) is 10.0 Å². The molecule has 2 N–H and O–H groups in total. The van der Waals surface area contributed by atoms with Gasteiger partial charge in [-0.2, -0.15) is 0 Å². The lowest BCUT2D eigenvalue weighted by Gasteiger charge is -2.29. The van der Waals surface area contributed by atoms with Crippen molar-refractivity contribution in [3.8, 4) is 0 Å². The van der Waals surface area contributed by atoms with Crippen molar-refractivity contribution in [2.75, 3.05) is 19.3 Å². The van der Waals surface area contributed by atoms with Crippen LogP contribution in [0.1, 0.15) is 52.9 Å². The Morgan fingerprint density at radius 2 is 1.74 bits per heavy atom. The molecule has 1 aliphatic carbocycles. The monoisotopic (exact) mass is 290 g/mol. The highest BCUT2D eigenvalue weighted by atomic mass is 32.2. The van der Waals surface area contributed by atoms with Gasteiger partial charge < -0.3 is 5.32 Å². The van der Waals surface area contributed by atoms with E-state index in [1.807, 2.05) is 0 Å². The van der Waals surface area contributed by atoms with Crippen LogP contribution in [-0.4, -0.2) is 33.8 Å². The quantitative estimate of drug-likeness (QED) is 0.602. The summed E-state index contributed by atoms with van der Waals surface area (Å²) in [6.45, 7) is 8.21. The first-order chi connectivity index (χ1) is 8.68. The minimum Gasteiger partial charge on any atom is -0.313 e. The average molecular weight is 290 g/mol. The van der Waals surface area contributed by atoms with E-state index in [4.69, 9.17) is 0 Å². The molecule has 1 saturated carbocycles. The Balaban J connectivity index is 2.26. The molecule has 1 fully saturated rings. The van der Waals surface area contributed by atoms with Crippen LogP contribution >= 0.6 is 0 Å². The molecule has 0 radical (unpaired) electrons. The third-order valence-corrected chi connectivity index (χ3v) is 4.84. The first-order valence-corrected chi connectivity index (χ1v) is 9.25. The van der Waals surface area contributed by atoms with Crippen molar-refractivity contribution in [3.05, 3.63) is 0 Å². The maximum Gasteiger partial charge on any atom is 0.208 e. The van der Waals surface area contributed by atoms with Gasteiger partial charge in [0.05, 0.1) is 6.26 Å². The summed E-state index contributed by atoms with van der Waals surface area (Å²) in [7, 11) is -3.05. The van der Waals surface area contributed by atoms with Crippen molar-refractivity contribution in [1.29, 1.82) is 0 Å². The van der Waals surface area contributed by atoms with Gasteiger partial charge in [-0.3, -0.25) is 0 Å². The van der Waals surface area contributed by atoms with E-state index in [-0.39, 0.29) is 0 Å². The fourth-order valence-electron chi connectivity index (χ4n) is 2.88. The van der Waals surface area contributed by atoms with E-state index in [1.54, 1.807) is 0 Å². The molecule has 2 atom stereocenters. The second kappa shape index (κ2) is 7.04. The number of nitrogens with one attached hydrogen (secondary N) is 2. The topological polar surface area (TPSA) is 58.2 Å². The van der Waals surface area contributed by atoms with E-state index >= 15 is 0 Å². The number of sulfonamides is 1. The van der Waals surface area contributed by atoms with Crippen LogP contribution < -0.4 is 10.0 Å². The Kier molecular flexibility index (Phi) is 6.27. The molecule has 0 aliphatic heterocycles. The average Bonchev–Trinajstić information content (AvgIpc) is 2.47. The first kappa shape index (κ1) is 16.9. The fourth-order valence-corrected chi connectivity index (χ4v) is 3.36. The van der Waals surface area contributed by atoms with E-state index < -0.39 is 10.0 Å². The minimum absolute atomic E-state index is 0.409. The van der Waals surface area contributed by atoms with Crippen LogP contribution in [0.5, 0.6) is 0 Å². The van der Waals surface area contributed by atoms with Gasteiger partial charge in [0.25, 0.3) is 0 Å². The zero-order chi connectivity index (χ0) is 14.5. The largest absolute Gasteiger partial charge is 0.313 e. The number of hydrogen-bond donors (Lipinski definition) is 2. The molecule has 1 rings (SSSR count). The predicted octanol–water partition coefficient (Wildman–Crippen LogP) is 2.12. The Morgan fingerprint density at radius 3 is 2.32 bits per heavy atom. The summed E-state index contributed by atoms with van der Waals surface area (Å²) >= 11 is 0. The first-order valence-electron chi connectivity index (χ1n) is 7.36. The normalized spacial score (nSPS) is 26.1. The molecule has 0 aromatic rings. The zero-order valence-electron chi connectivity index (χ0n) is 12.8. The lowest BCUT2D eigenvalue weighted by molar-refractivity contribution is 0.213. The van der Waals surface area contributed by atoms with Crippen LogP contribution in [0.2, 0.25) is 0 Å². The van der Waals surface area contributed by atoms with E-state index in [0.29, 0.717) is 18.0 Å². The molecular weight excluding hydrogens is 260 g/mol. The van der Waals surface area contributed by atoms with Gasteiger partial charge >= 0.3 is 0 Å². The summed E-state index contributed by atoms with van der Waals surface area (Å²) in [6, 6.07) is 0.550. The SMILES string of the molecule is CC(C)(C)C1CCCC(NCCNS(C)(=O)=O)CC1. The zero-order valence-corrected chi connectivity index (χ0v) is 13.6. The molecule has 1 aliphatic rings. The lowest BCUT2D eigenvalue weighted by Crippen LogP contribution is -2.36. The van der Waals surface area contributed by atoms with Crippen molar-refractivity contribution in [1.82, 2.24) is 10.0 Å². The molecule has 114 valence electrons. The standard InChI is InChI=1S/C14H30N2O2S/c1-14(2,3)12-6-5-7-13(9-8-12)15-10-11-16-19(4,17)18/h12-13,15-16H,5-11H2,1-4H3. The third-order valence-electron chi connectivity index (χ3n) is 4.12. The molecule has 0 heterocycles. The fraction of sp³-hybridized carbons (Fsp3) is 1.00. The van der Waals surface area contributed by atoms with E-state index in [0.717, 1.165) is 12.5 Å². The smallest absolute Gasteiger partial charge is 0.208 e. The highest BCUT2D eigenvalue weighted by Gasteiger charge is 2.27. The number of hydrogen-bond acceptors (Lipinski definition) is 3. The molecule has 0 bridgehead atoms. The van der Waals surface area contributed by atoms with E-state index in [9.17, 15) is 8.42 Å². The van der Waals surface area contributed by atoms with Crippen LogP contribution in [0.3, 0.4) is 0 Å². The third kappa shape index (κ3) is 7.28. The van der Waals surface area contributed by atoms with Gasteiger partial charge in [-0.05, 0) is 37.0 Å². The maximum atomic E-state index is 11.0. The lowest BCUT2D eigenvalue weighted by atomic mass is 9.76. The minimum atomic E-state index is -3.05. The van der Waals surface area contributed by atoms with Crippen LogP contribution in [0, 0.1) is 11.3 Å². The molecule has 0 amide bonds. The van der Waals surface area contributed by atoms with Crippen molar-refractivity contribution >= 4 is 10.0 Å². The predicted molar refractivity (Wildman–Crippen MR) is 80.7 cm³/mol. The molecule has 5 heteroatoms. The second-order valence-corrected chi connectivity index (χ2v) is 8.72. The Labute approximate surface area is 118 Å². The summed E-state index contributed by atoms with van der Waals surface area (Å²) in [5, 5.41) is 3.48. The molecular formula is C14H30N2O2S. The van der Waals surface area contributed by atoms with Gasteiger partial charge in [-0.1, -0.05) is 27.2 Å². The summed E-state index contributed by atoms with van der Waals surface area (Å²) in [5.74, 6) is 0.813. The number of rotatable bonds is 5. The molecule has 0 spiro atoms. The summed E-state index contributed by atoms with van der Waals surface area (Å²) in [5.41, 5.74) is 0.409. The molecule has 0 aromatic heterocycles. The van der Waals surface area contributed by atoms with Crippen molar-refractivity contribution in [2.45, 2.75) is 58.9 Å². The van der Waals surface area contributed by atoms with Gasteiger partial charge in [-0.25, -0.2) is 13.1 Å². The van der Waals surface area contributed by atoms with E-state index in [1.165, 1.54) is 38.4 Å². The molecule has 0 aromatic carbocycles. The Morgan fingerprint density at radius 1 is 1.05 bits per heavy atom. The summed E-state index contributed by atoms with van der Waals surface area (Å²) in [6.07, 6.45) is 7.50. The van der Waals surface area contributed by atoms with Gasteiger partial charge in [0.15, 0.2) is 0 Å². The van der Waals surface area contributed by atoms with Gasteiger partial charge in [-0.15, -0.1) is 0 Å². The summed E-state index contributed by atoms with van der Waals surface area (Å²) in [4.78, 5) is 0. The van der Waals surface area contributed by atoms with Crippen LogP contribution in [0.4, 0.5) is 0 Å². The van der Waals surface area contributed by atoms with Gasteiger partial charge in [0, 0.05) is 19.1 Å². The Bertz CT molecular complexity index is 360. The van der Waals surface area contributed by atoms with Crippen molar-refractivity contribution in [2.24, 2.45) is 11.3 Å². The Hall–Kier alpha value is -0.130. The van der Waals surface area contributed by atoms with Crippen molar-refractivity contribution in [3.63, 3.8) is 0 Å². The van der Waals surface area contributed by atoms with Crippen LogP contribution in [0.25, 0.3) is 0 Å². The molecule has 4 nitrogen and oxygen atoms in total. The molecule has 19 heavy (non-hydrogen) atoms. The van der Waals surface area contributed by atoms with Crippen LogP contribution in [0.15, 0.2) is 0 Å². The molecule has 2 unspecified atom stereocenters.